The number of carbonyl (C=O) groups is 1. The molecule has 5 nitrogen and oxygen atoms in total. The number of aliphatic hydroxyl groups is 2. The van der Waals surface area contributed by atoms with Crippen LogP contribution in [-0.4, -0.2) is 52.4 Å². The number of hydrogen-bond donors (Lipinski definition) is 3. The molecule has 3 N–H and O–H groups in total. The third-order valence-electron chi connectivity index (χ3n) is 5.22. The van der Waals surface area contributed by atoms with Crippen LogP contribution < -0.4 is 5.32 Å². The second-order valence-corrected chi connectivity index (χ2v) is 7.87. The largest absolute Gasteiger partial charge is 0.416 e. The first-order chi connectivity index (χ1) is 14.1. The average molecular weight is 443 g/mol. The van der Waals surface area contributed by atoms with Gasteiger partial charge in [-0.3, -0.25) is 4.79 Å². The Labute approximate surface area is 177 Å². The molecule has 1 aliphatic heterocycles. The van der Waals surface area contributed by atoms with Crippen LogP contribution in [0.2, 0.25) is 5.02 Å². The Morgan fingerprint density at radius 1 is 1.23 bits per heavy atom. The van der Waals surface area contributed by atoms with Crippen LogP contribution in [0.4, 0.5) is 13.2 Å². The van der Waals surface area contributed by atoms with Crippen LogP contribution in [0.1, 0.15) is 27.9 Å². The summed E-state index contributed by atoms with van der Waals surface area (Å²) >= 11 is 5.83. The van der Waals surface area contributed by atoms with Gasteiger partial charge in [0.05, 0.1) is 5.56 Å². The molecular formula is C21H22ClF3N2O3. The highest BCUT2D eigenvalue weighted by Crippen LogP contribution is 2.29. The molecule has 9 heteroatoms. The second kappa shape index (κ2) is 8.93. The number of halogens is 4. The topological polar surface area (TPSA) is 72.8 Å². The zero-order valence-electron chi connectivity index (χ0n) is 16.0. The molecule has 1 amide bonds. The molecule has 0 radical (unpaired) electrons. The number of nitrogens with one attached hydrogen (secondary N) is 1. The highest BCUT2D eigenvalue weighted by Gasteiger charge is 2.41. The molecule has 0 saturated carbocycles. The normalized spacial score (nSPS) is 22.2. The van der Waals surface area contributed by atoms with E-state index in [4.69, 9.17) is 11.6 Å². The highest BCUT2D eigenvalue weighted by molar-refractivity contribution is 6.30. The van der Waals surface area contributed by atoms with Gasteiger partial charge in [0.15, 0.2) is 0 Å². The van der Waals surface area contributed by atoms with Gasteiger partial charge in [-0.1, -0.05) is 29.8 Å². The Morgan fingerprint density at radius 3 is 2.57 bits per heavy atom. The molecular weight excluding hydrogens is 421 g/mol. The van der Waals surface area contributed by atoms with Crippen LogP contribution in [0.15, 0.2) is 48.5 Å². The van der Waals surface area contributed by atoms with E-state index in [0.29, 0.717) is 16.1 Å². The van der Waals surface area contributed by atoms with Gasteiger partial charge in [-0.25, -0.2) is 0 Å². The Kier molecular flexibility index (Phi) is 6.71. The van der Waals surface area contributed by atoms with Gasteiger partial charge < -0.3 is 20.4 Å². The fraction of sp³-hybridized carbons (Fsp3) is 0.381. The summed E-state index contributed by atoms with van der Waals surface area (Å²) in [6.45, 7) is 0.267. The van der Waals surface area contributed by atoms with Gasteiger partial charge in [0, 0.05) is 36.8 Å². The average Bonchev–Trinajstić information content (AvgIpc) is 2.70. The first-order valence-electron chi connectivity index (χ1n) is 9.41. The van der Waals surface area contributed by atoms with Gasteiger partial charge in [0.2, 0.25) is 0 Å². The van der Waals surface area contributed by atoms with Crippen molar-refractivity contribution < 1.29 is 28.2 Å². The number of rotatable bonds is 5. The maximum absolute atomic E-state index is 12.8. The lowest BCUT2D eigenvalue weighted by molar-refractivity contribution is -0.137. The molecule has 2 aromatic rings. The Balaban J connectivity index is 1.55. The predicted octanol–water partition coefficient (Wildman–Crippen LogP) is 3.09. The summed E-state index contributed by atoms with van der Waals surface area (Å²) in [6, 6.07) is 11.3. The summed E-state index contributed by atoms with van der Waals surface area (Å²) in [7, 11) is 0. The number of amides is 1. The molecule has 2 atom stereocenters. The van der Waals surface area contributed by atoms with Crippen molar-refractivity contribution in [3.8, 4) is 0 Å². The number of nitrogens with zero attached hydrogens (tertiary/aromatic N) is 1. The fourth-order valence-electron chi connectivity index (χ4n) is 3.41. The Bertz CT molecular complexity index is 892. The van der Waals surface area contributed by atoms with E-state index >= 15 is 0 Å². The van der Waals surface area contributed by atoms with E-state index < -0.39 is 23.4 Å². The van der Waals surface area contributed by atoms with Gasteiger partial charge in [0.25, 0.3) is 5.91 Å². The molecule has 0 bridgehead atoms. The Morgan fingerprint density at radius 2 is 1.93 bits per heavy atom. The third kappa shape index (κ3) is 5.31. The molecule has 1 saturated heterocycles. The van der Waals surface area contributed by atoms with Crippen molar-refractivity contribution in [2.75, 3.05) is 19.6 Å². The number of aliphatic hydroxyl groups excluding tert-OH is 1. The molecule has 2 aromatic carbocycles. The zero-order chi connectivity index (χ0) is 21.9. The van der Waals surface area contributed by atoms with Gasteiger partial charge in [-0.05, 0) is 42.3 Å². The molecule has 162 valence electrons. The quantitative estimate of drug-likeness (QED) is 0.665. The van der Waals surface area contributed by atoms with E-state index in [2.05, 4.69) is 5.32 Å². The summed E-state index contributed by atoms with van der Waals surface area (Å²) in [5.41, 5.74) is -1.38. The maximum Gasteiger partial charge on any atom is 0.416 e. The zero-order valence-corrected chi connectivity index (χ0v) is 16.7. The van der Waals surface area contributed by atoms with E-state index in [0.717, 1.165) is 12.1 Å². The minimum absolute atomic E-state index is 0.0204. The van der Waals surface area contributed by atoms with E-state index in [-0.39, 0.29) is 38.5 Å². The summed E-state index contributed by atoms with van der Waals surface area (Å²) in [5, 5.41) is 24.6. The number of benzene rings is 2. The van der Waals surface area contributed by atoms with Crippen molar-refractivity contribution >= 4 is 17.5 Å². The monoisotopic (exact) mass is 442 g/mol. The first kappa shape index (κ1) is 22.6. The maximum atomic E-state index is 12.8. The third-order valence-corrected chi connectivity index (χ3v) is 5.47. The number of piperidine rings is 1. The van der Waals surface area contributed by atoms with E-state index in [1.54, 1.807) is 30.3 Å². The predicted molar refractivity (Wildman–Crippen MR) is 106 cm³/mol. The minimum atomic E-state index is -4.42. The van der Waals surface area contributed by atoms with Crippen molar-refractivity contribution in [3.05, 3.63) is 70.2 Å². The van der Waals surface area contributed by atoms with Crippen molar-refractivity contribution in [2.24, 2.45) is 0 Å². The number of β-amino-alcohol motifs (C(OH)–C–C–N with tert-alkyl or cyclic N) is 1. The minimum Gasteiger partial charge on any atom is -0.388 e. The van der Waals surface area contributed by atoms with Crippen LogP contribution in [0.3, 0.4) is 0 Å². The van der Waals surface area contributed by atoms with Gasteiger partial charge in [0.1, 0.15) is 11.7 Å². The number of likely N-dealkylation sites (tertiary alicyclic amines) is 1. The van der Waals surface area contributed by atoms with Gasteiger partial charge >= 0.3 is 6.18 Å². The lowest BCUT2D eigenvalue weighted by atomic mass is 9.88. The molecule has 0 aliphatic carbocycles. The molecule has 1 aliphatic rings. The van der Waals surface area contributed by atoms with Crippen LogP contribution in [-0.2, 0) is 12.7 Å². The summed E-state index contributed by atoms with van der Waals surface area (Å²) in [4.78, 5) is 14.0. The Hall–Kier alpha value is -2.13. The first-order valence-corrected chi connectivity index (χ1v) is 9.78. The second-order valence-electron chi connectivity index (χ2n) is 7.43. The lowest BCUT2D eigenvalue weighted by Gasteiger charge is -2.42. The van der Waals surface area contributed by atoms with Gasteiger partial charge in [-0.2, -0.15) is 13.2 Å². The highest BCUT2D eigenvalue weighted by atomic mass is 35.5. The molecule has 1 heterocycles. The van der Waals surface area contributed by atoms with Crippen LogP contribution in [0, 0.1) is 0 Å². The van der Waals surface area contributed by atoms with E-state index in [9.17, 15) is 28.2 Å². The van der Waals surface area contributed by atoms with Crippen LogP contribution in [0.5, 0.6) is 0 Å². The SMILES string of the molecule is O=C(c1ccc(Cl)cc1)N1CC[C@](O)(CNCc2cccc(C(F)(F)F)c2)[C@@H](O)C1. The summed E-state index contributed by atoms with van der Waals surface area (Å²) in [5.74, 6) is -0.273. The molecule has 0 spiro atoms. The van der Waals surface area contributed by atoms with Crippen LogP contribution >= 0.6 is 11.6 Å². The molecule has 30 heavy (non-hydrogen) atoms. The summed E-state index contributed by atoms with van der Waals surface area (Å²) < 4.78 is 38.4. The van der Waals surface area contributed by atoms with Crippen molar-refractivity contribution in [2.45, 2.75) is 30.8 Å². The van der Waals surface area contributed by atoms with Gasteiger partial charge in [-0.15, -0.1) is 0 Å². The lowest BCUT2D eigenvalue weighted by Crippen LogP contribution is -2.60. The molecule has 1 fully saturated rings. The standard InChI is InChI=1S/C21H22ClF3N2O3/c22-17-6-4-15(5-7-17)19(29)27-9-8-20(30,18(28)12-27)13-26-11-14-2-1-3-16(10-14)21(23,24)25/h1-7,10,18,26,28,30H,8-9,11-13H2/t18-,20-/m0/s1. The van der Waals surface area contributed by atoms with E-state index in [1.807, 2.05) is 0 Å². The summed E-state index contributed by atoms with van der Waals surface area (Å²) in [6.07, 6.45) is -5.49. The fourth-order valence-corrected chi connectivity index (χ4v) is 3.54. The smallest absolute Gasteiger partial charge is 0.388 e. The number of alkyl halides is 3. The van der Waals surface area contributed by atoms with Crippen molar-refractivity contribution in [1.82, 2.24) is 10.2 Å². The van der Waals surface area contributed by atoms with Crippen molar-refractivity contribution in [1.29, 1.82) is 0 Å². The van der Waals surface area contributed by atoms with Crippen molar-refractivity contribution in [3.63, 3.8) is 0 Å². The van der Waals surface area contributed by atoms with Crippen LogP contribution in [0.25, 0.3) is 0 Å². The molecule has 3 rings (SSSR count). The van der Waals surface area contributed by atoms with E-state index in [1.165, 1.54) is 11.0 Å². The number of carbonyl (C=O) groups excluding carboxylic acids is 1. The molecule has 0 aromatic heterocycles. The number of hydrogen-bond acceptors (Lipinski definition) is 4. The molecule has 0 unspecified atom stereocenters.